The number of ether oxygens (including phenoxy) is 2. The highest BCUT2D eigenvalue weighted by Gasteiger charge is 2.30. The van der Waals surface area contributed by atoms with E-state index in [1.54, 1.807) is 25.3 Å². The molecule has 0 spiro atoms. The quantitative estimate of drug-likeness (QED) is 0.623. The van der Waals surface area contributed by atoms with Gasteiger partial charge in [-0.05, 0) is 63.5 Å². The number of benzene rings is 1. The Balaban J connectivity index is 1.55. The predicted molar refractivity (Wildman–Crippen MR) is 127 cm³/mol. The Morgan fingerprint density at radius 3 is 2.74 bits per heavy atom. The van der Waals surface area contributed by atoms with Crippen LogP contribution in [0.4, 0.5) is 18.9 Å². The maximum absolute atomic E-state index is 13.4. The Morgan fingerprint density at radius 2 is 2.00 bits per heavy atom. The molecular formula is C25H33F3N4O2. The molecule has 2 aliphatic rings. The van der Waals surface area contributed by atoms with Crippen LogP contribution in [0.2, 0.25) is 0 Å². The van der Waals surface area contributed by atoms with Crippen LogP contribution in [0.1, 0.15) is 25.0 Å². The highest BCUT2D eigenvalue weighted by molar-refractivity contribution is 5.94. The molecule has 0 unspecified atom stereocenters. The minimum atomic E-state index is -4.34. The number of hydrogen-bond acceptors (Lipinski definition) is 5. The maximum Gasteiger partial charge on any atom is 0.406 e. The van der Waals surface area contributed by atoms with Crippen LogP contribution in [0.25, 0.3) is 10.9 Å². The number of anilines is 1. The third-order valence-electron chi connectivity index (χ3n) is 6.64. The molecule has 0 bridgehead atoms. The summed E-state index contributed by atoms with van der Waals surface area (Å²) < 4.78 is 52.4. The van der Waals surface area contributed by atoms with E-state index in [9.17, 15) is 13.2 Å². The number of likely N-dealkylation sites (tertiary alicyclic amines) is 1. The van der Waals surface area contributed by atoms with Gasteiger partial charge in [0.05, 0.1) is 30.5 Å². The fourth-order valence-electron chi connectivity index (χ4n) is 4.73. The normalized spacial score (nSPS) is 22.5. The van der Waals surface area contributed by atoms with Crippen molar-refractivity contribution in [3.8, 4) is 11.8 Å². The molecule has 2 atom stereocenters. The van der Waals surface area contributed by atoms with Crippen molar-refractivity contribution in [1.29, 1.82) is 0 Å². The molecule has 1 aromatic heterocycles. The van der Waals surface area contributed by atoms with Crippen molar-refractivity contribution < 1.29 is 22.6 Å². The van der Waals surface area contributed by atoms with Crippen LogP contribution >= 0.6 is 0 Å². The Hall–Kier alpha value is -2.25. The molecule has 2 fully saturated rings. The van der Waals surface area contributed by atoms with E-state index in [2.05, 4.69) is 34.4 Å². The Kier molecular flexibility index (Phi) is 8.04. The zero-order chi connectivity index (χ0) is 24.1. The van der Waals surface area contributed by atoms with Gasteiger partial charge in [-0.2, -0.15) is 13.2 Å². The lowest BCUT2D eigenvalue weighted by atomic mass is 10.0. The van der Waals surface area contributed by atoms with Crippen molar-refractivity contribution >= 4 is 16.6 Å². The molecule has 2 aliphatic heterocycles. The monoisotopic (exact) mass is 478 g/mol. The van der Waals surface area contributed by atoms with E-state index >= 15 is 0 Å². The van der Waals surface area contributed by atoms with Gasteiger partial charge in [0.1, 0.15) is 6.54 Å². The van der Waals surface area contributed by atoms with Crippen molar-refractivity contribution in [1.82, 2.24) is 14.8 Å². The van der Waals surface area contributed by atoms with E-state index in [0.29, 0.717) is 37.0 Å². The first-order chi connectivity index (χ1) is 16.3. The molecule has 1 aromatic carbocycles. The van der Waals surface area contributed by atoms with E-state index in [1.807, 2.05) is 6.07 Å². The topological polar surface area (TPSA) is 50.7 Å². The molecule has 34 heavy (non-hydrogen) atoms. The maximum atomic E-state index is 13.4. The molecule has 0 amide bonds. The largest absolute Gasteiger partial charge is 0.406 e. The molecule has 9 heteroatoms. The highest BCUT2D eigenvalue weighted by atomic mass is 19.4. The van der Waals surface area contributed by atoms with E-state index < -0.39 is 12.7 Å². The summed E-state index contributed by atoms with van der Waals surface area (Å²) in [5.74, 6) is 5.99. The summed E-state index contributed by atoms with van der Waals surface area (Å²) in [6.07, 6.45) is -1.58. The fourth-order valence-corrected chi connectivity index (χ4v) is 4.73. The van der Waals surface area contributed by atoms with Crippen LogP contribution in [-0.4, -0.2) is 80.8 Å². The third-order valence-corrected chi connectivity index (χ3v) is 6.64. The minimum absolute atomic E-state index is 0.0552. The second-order valence-corrected chi connectivity index (χ2v) is 9.12. The minimum Gasteiger partial charge on any atom is -0.382 e. The van der Waals surface area contributed by atoms with Crippen molar-refractivity contribution in [2.75, 3.05) is 52.3 Å². The lowest BCUT2D eigenvalue weighted by molar-refractivity contribution is -0.140. The summed E-state index contributed by atoms with van der Waals surface area (Å²) in [4.78, 5) is 2.29. The number of rotatable bonds is 6. The van der Waals surface area contributed by atoms with Crippen LogP contribution in [0, 0.1) is 11.8 Å². The van der Waals surface area contributed by atoms with Crippen molar-refractivity contribution in [2.24, 2.45) is 0 Å². The van der Waals surface area contributed by atoms with Crippen molar-refractivity contribution in [3.05, 3.63) is 30.0 Å². The first kappa shape index (κ1) is 24.9. The Morgan fingerprint density at radius 1 is 1.21 bits per heavy atom. The predicted octanol–water partition coefficient (Wildman–Crippen LogP) is 3.45. The molecule has 2 saturated heterocycles. The molecule has 2 N–H and O–H groups in total. The molecule has 0 aliphatic carbocycles. The van der Waals surface area contributed by atoms with Crippen LogP contribution in [0.3, 0.4) is 0 Å². The second kappa shape index (κ2) is 11.0. The third kappa shape index (κ3) is 6.25. The number of alkyl halides is 3. The summed E-state index contributed by atoms with van der Waals surface area (Å²) in [5.41, 5.74) is 1.76. The number of hydrogen-bond donors (Lipinski definition) is 2. The molecule has 0 radical (unpaired) electrons. The zero-order valence-corrected chi connectivity index (χ0v) is 19.8. The van der Waals surface area contributed by atoms with Gasteiger partial charge in [0, 0.05) is 36.9 Å². The van der Waals surface area contributed by atoms with Crippen molar-refractivity contribution in [2.45, 2.75) is 50.2 Å². The Labute approximate surface area is 198 Å². The summed E-state index contributed by atoms with van der Waals surface area (Å²) in [6.45, 7) is 2.47. The standard InChI is InChI=1S/C25H33F3N4O2/c1-31-12-8-18(9-13-31)30-21-6-3-7-23-20(21)15-19(32(23)17-25(26,27)28)5-4-11-29-22-10-14-34-16-24(22)33-2/h3,6-7,15,18,22,24,29-30H,8-14,16-17H2,1-2H3/t22-,24-/m1/s1. The van der Waals surface area contributed by atoms with Gasteiger partial charge in [-0.3, -0.25) is 0 Å². The first-order valence-corrected chi connectivity index (χ1v) is 11.8. The highest BCUT2D eigenvalue weighted by Crippen LogP contribution is 2.31. The molecule has 2 aromatic rings. The van der Waals surface area contributed by atoms with Crippen LogP contribution in [-0.2, 0) is 16.0 Å². The molecule has 6 nitrogen and oxygen atoms in total. The fraction of sp³-hybridized carbons (Fsp3) is 0.600. The number of nitrogens with zero attached hydrogens (tertiary/aromatic N) is 2. The molecule has 3 heterocycles. The summed E-state index contributed by atoms with van der Waals surface area (Å²) in [6, 6.07) is 7.67. The lowest BCUT2D eigenvalue weighted by Gasteiger charge is -2.30. The van der Waals surface area contributed by atoms with Gasteiger partial charge < -0.3 is 29.6 Å². The lowest BCUT2D eigenvalue weighted by Crippen LogP contribution is -2.47. The molecule has 4 rings (SSSR count). The van der Waals surface area contributed by atoms with E-state index in [1.165, 1.54) is 4.57 Å². The second-order valence-electron chi connectivity index (χ2n) is 9.12. The average Bonchev–Trinajstić information content (AvgIpc) is 3.15. The summed E-state index contributed by atoms with van der Waals surface area (Å²) in [5, 5.41) is 7.67. The van der Waals surface area contributed by atoms with Crippen LogP contribution in [0.5, 0.6) is 0 Å². The number of methoxy groups -OCH3 is 1. The molecular weight excluding hydrogens is 445 g/mol. The number of piperidine rings is 1. The average molecular weight is 479 g/mol. The zero-order valence-electron chi connectivity index (χ0n) is 19.8. The van der Waals surface area contributed by atoms with Gasteiger partial charge in [-0.25, -0.2) is 0 Å². The molecule has 0 saturated carbocycles. The van der Waals surface area contributed by atoms with Crippen molar-refractivity contribution in [3.63, 3.8) is 0 Å². The number of nitrogens with one attached hydrogen (secondary N) is 2. The smallest absolute Gasteiger partial charge is 0.382 e. The van der Waals surface area contributed by atoms with Gasteiger partial charge >= 0.3 is 6.18 Å². The summed E-state index contributed by atoms with van der Waals surface area (Å²) in [7, 11) is 3.75. The van der Waals surface area contributed by atoms with Crippen LogP contribution < -0.4 is 10.6 Å². The number of fused-ring (bicyclic) bond motifs is 1. The van der Waals surface area contributed by atoms with E-state index in [-0.39, 0.29) is 12.1 Å². The number of aromatic nitrogens is 1. The Bertz CT molecular complexity index is 1020. The SMILES string of the molecule is CO[C@@H]1COCC[C@H]1NCC#Cc1cc2c(NC3CCN(C)CC3)cccc2n1CC(F)(F)F. The van der Waals surface area contributed by atoms with E-state index in [0.717, 1.165) is 43.4 Å². The van der Waals surface area contributed by atoms with Gasteiger partial charge in [-0.15, -0.1) is 0 Å². The van der Waals surface area contributed by atoms with Gasteiger partial charge in [0.2, 0.25) is 0 Å². The van der Waals surface area contributed by atoms with Crippen LogP contribution in [0.15, 0.2) is 24.3 Å². The first-order valence-electron chi connectivity index (χ1n) is 11.8. The van der Waals surface area contributed by atoms with Gasteiger partial charge in [0.15, 0.2) is 0 Å². The van der Waals surface area contributed by atoms with Gasteiger partial charge in [0.25, 0.3) is 0 Å². The van der Waals surface area contributed by atoms with E-state index in [4.69, 9.17) is 9.47 Å². The summed E-state index contributed by atoms with van der Waals surface area (Å²) >= 11 is 0. The molecule has 186 valence electrons. The number of halogens is 3. The van der Waals surface area contributed by atoms with Gasteiger partial charge in [-0.1, -0.05) is 12.0 Å².